The fraction of sp³-hybridized carbons (Fsp3) is 0.600. The van der Waals surface area contributed by atoms with E-state index in [9.17, 15) is 0 Å². The largest absolute Gasteiger partial charge is 0.497 e. The fourth-order valence-electron chi connectivity index (χ4n) is 2.58. The molecule has 1 aromatic carbocycles. The first-order valence-electron chi connectivity index (χ1n) is 7.00. The number of aliphatic hydroxyl groups excluding tert-OH is 1. The molecule has 0 bridgehead atoms. The van der Waals surface area contributed by atoms with Gasteiger partial charge in [-0.2, -0.15) is 0 Å². The normalized spacial score (nSPS) is 18.2. The lowest BCUT2D eigenvalue weighted by molar-refractivity contribution is 0.196. The summed E-state index contributed by atoms with van der Waals surface area (Å²) in [5, 5.41) is 9.00. The Morgan fingerprint density at radius 3 is 2.74 bits per heavy atom. The van der Waals surface area contributed by atoms with Crippen LogP contribution in [-0.2, 0) is 6.54 Å². The minimum Gasteiger partial charge on any atom is -0.497 e. The second-order valence-corrected chi connectivity index (χ2v) is 5.05. The van der Waals surface area contributed by atoms with E-state index in [2.05, 4.69) is 21.9 Å². The second kappa shape index (κ2) is 7.48. The van der Waals surface area contributed by atoms with E-state index in [4.69, 9.17) is 9.84 Å². The lowest BCUT2D eigenvalue weighted by Gasteiger charge is -2.21. The summed E-state index contributed by atoms with van der Waals surface area (Å²) in [7, 11) is 1.71. The molecule has 106 valence electrons. The average Bonchev–Trinajstić information content (AvgIpc) is 2.65. The molecule has 1 aromatic rings. The van der Waals surface area contributed by atoms with Gasteiger partial charge in [-0.25, -0.2) is 0 Å². The first kappa shape index (κ1) is 14.3. The molecule has 19 heavy (non-hydrogen) atoms. The van der Waals surface area contributed by atoms with Gasteiger partial charge in [-0.3, -0.25) is 9.80 Å². The maximum absolute atomic E-state index is 9.00. The Kier molecular flexibility index (Phi) is 5.63. The van der Waals surface area contributed by atoms with Crippen molar-refractivity contribution in [2.75, 3.05) is 46.4 Å². The van der Waals surface area contributed by atoms with Crippen LogP contribution in [-0.4, -0.2) is 61.3 Å². The van der Waals surface area contributed by atoms with E-state index in [1.54, 1.807) is 7.11 Å². The zero-order chi connectivity index (χ0) is 13.5. The highest BCUT2D eigenvalue weighted by molar-refractivity contribution is 5.28. The van der Waals surface area contributed by atoms with E-state index in [0.717, 1.165) is 45.0 Å². The summed E-state index contributed by atoms with van der Waals surface area (Å²) in [5.74, 6) is 0.925. The van der Waals surface area contributed by atoms with Crippen LogP contribution in [0.3, 0.4) is 0 Å². The second-order valence-electron chi connectivity index (χ2n) is 5.05. The zero-order valence-electron chi connectivity index (χ0n) is 11.7. The quantitative estimate of drug-likeness (QED) is 0.867. The average molecular weight is 264 g/mol. The van der Waals surface area contributed by atoms with Crippen LogP contribution >= 0.6 is 0 Å². The minimum absolute atomic E-state index is 0.260. The smallest absolute Gasteiger partial charge is 0.119 e. The first-order chi connectivity index (χ1) is 9.31. The van der Waals surface area contributed by atoms with Crippen molar-refractivity contribution in [2.45, 2.75) is 13.0 Å². The van der Waals surface area contributed by atoms with Crippen molar-refractivity contribution in [1.29, 1.82) is 0 Å². The summed E-state index contributed by atoms with van der Waals surface area (Å²) in [4.78, 5) is 4.82. The maximum atomic E-state index is 9.00. The van der Waals surface area contributed by atoms with E-state index in [1.807, 2.05) is 12.1 Å². The maximum Gasteiger partial charge on any atom is 0.119 e. The van der Waals surface area contributed by atoms with Crippen LogP contribution in [0.4, 0.5) is 0 Å². The highest BCUT2D eigenvalue weighted by Crippen LogP contribution is 2.15. The van der Waals surface area contributed by atoms with Gasteiger partial charge in [-0.15, -0.1) is 0 Å². The van der Waals surface area contributed by atoms with Gasteiger partial charge in [0.25, 0.3) is 0 Å². The van der Waals surface area contributed by atoms with Gasteiger partial charge in [-0.05, 0) is 37.2 Å². The van der Waals surface area contributed by atoms with Crippen LogP contribution in [0.1, 0.15) is 12.0 Å². The number of aliphatic hydroxyl groups is 1. The van der Waals surface area contributed by atoms with Crippen LogP contribution < -0.4 is 4.74 Å². The number of β-amino-alcohol motifs (C(OH)–C–C–N with tert-alkyl or cyclic N) is 1. The van der Waals surface area contributed by atoms with E-state index < -0.39 is 0 Å². The van der Waals surface area contributed by atoms with Gasteiger partial charge >= 0.3 is 0 Å². The summed E-state index contributed by atoms with van der Waals surface area (Å²) in [6.07, 6.45) is 1.17. The first-order valence-corrected chi connectivity index (χ1v) is 7.00. The Morgan fingerprint density at radius 2 is 1.95 bits per heavy atom. The van der Waals surface area contributed by atoms with Crippen molar-refractivity contribution in [2.24, 2.45) is 0 Å². The molecular formula is C15H24N2O2. The predicted octanol–water partition coefficient (Wildman–Crippen LogP) is 1.20. The summed E-state index contributed by atoms with van der Waals surface area (Å²) in [5.41, 5.74) is 1.30. The molecule has 1 N–H and O–H groups in total. The molecule has 0 atom stereocenters. The zero-order valence-corrected chi connectivity index (χ0v) is 11.7. The van der Waals surface area contributed by atoms with E-state index >= 15 is 0 Å². The van der Waals surface area contributed by atoms with Crippen LogP contribution in [0.5, 0.6) is 5.75 Å². The van der Waals surface area contributed by atoms with Gasteiger partial charge < -0.3 is 9.84 Å². The van der Waals surface area contributed by atoms with Crippen LogP contribution in [0.15, 0.2) is 24.3 Å². The minimum atomic E-state index is 0.260. The Hall–Kier alpha value is -1.10. The van der Waals surface area contributed by atoms with Crippen LogP contribution in [0.25, 0.3) is 0 Å². The topological polar surface area (TPSA) is 35.9 Å². The third-order valence-corrected chi connectivity index (χ3v) is 3.64. The number of nitrogens with zero attached hydrogens (tertiary/aromatic N) is 2. The number of benzene rings is 1. The van der Waals surface area contributed by atoms with Crippen molar-refractivity contribution in [3.8, 4) is 5.75 Å². The molecule has 0 aromatic heterocycles. The predicted molar refractivity (Wildman–Crippen MR) is 76.4 cm³/mol. The Bertz CT molecular complexity index is 384. The fourth-order valence-corrected chi connectivity index (χ4v) is 2.58. The molecule has 1 saturated heterocycles. The molecule has 1 aliphatic rings. The lowest BCUT2D eigenvalue weighted by Crippen LogP contribution is -2.32. The summed E-state index contributed by atoms with van der Waals surface area (Å²) < 4.78 is 5.26. The van der Waals surface area contributed by atoms with Crippen molar-refractivity contribution in [1.82, 2.24) is 9.80 Å². The SMILES string of the molecule is COc1cccc(CN2CCCN(CCO)CC2)c1. The molecule has 1 fully saturated rings. The molecule has 4 nitrogen and oxygen atoms in total. The van der Waals surface area contributed by atoms with Gasteiger partial charge in [0, 0.05) is 26.2 Å². The molecule has 1 aliphatic heterocycles. The Balaban J connectivity index is 1.88. The Morgan fingerprint density at radius 1 is 1.16 bits per heavy atom. The van der Waals surface area contributed by atoms with Gasteiger partial charge in [0.2, 0.25) is 0 Å². The molecule has 0 aliphatic carbocycles. The van der Waals surface area contributed by atoms with Crippen molar-refractivity contribution in [3.63, 3.8) is 0 Å². The van der Waals surface area contributed by atoms with E-state index in [0.29, 0.717) is 0 Å². The highest BCUT2D eigenvalue weighted by atomic mass is 16.5. The van der Waals surface area contributed by atoms with Crippen molar-refractivity contribution < 1.29 is 9.84 Å². The third kappa shape index (κ3) is 4.49. The molecule has 0 unspecified atom stereocenters. The highest BCUT2D eigenvalue weighted by Gasteiger charge is 2.14. The number of ether oxygens (including phenoxy) is 1. The standard InChI is InChI=1S/C15H24N2O2/c1-19-15-5-2-4-14(12-15)13-17-7-3-6-16(8-9-17)10-11-18/h2,4-5,12,18H,3,6-11,13H2,1H3. The third-order valence-electron chi connectivity index (χ3n) is 3.64. The van der Waals surface area contributed by atoms with E-state index in [-0.39, 0.29) is 6.61 Å². The number of hydrogen-bond donors (Lipinski definition) is 1. The summed E-state index contributed by atoms with van der Waals surface area (Å²) >= 11 is 0. The van der Waals surface area contributed by atoms with Gasteiger partial charge in [0.05, 0.1) is 13.7 Å². The molecule has 0 spiro atoms. The molecule has 0 saturated carbocycles. The van der Waals surface area contributed by atoms with Gasteiger partial charge in [-0.1, -0.05) is 12.1 Å². The lowest BCUT2D eigenvalue weighted by atomic mass is 10.2. The van der Waals surface area contributed by atoms with Crippen LogP contribution in [0.2, 0.25) is 0 Å². The van der Waals surface area contributed by atoms with Crippen molar-refractivity contribution in [3.05, 3.63) is 29.8 Å². The molecule has 4 heteroatoms. The molecule has 1 heterocycles. The van der Waals surface area contributed by atoms with Crippen molar-refractivity contribution >= 4 is 0 Å². The number of rotatable bonds is 5. The van der Waals surface area contributed by atoms with E-state index in [1.165, 1.54) is 12.0 Å². The molecule has 0 amide bonds. The van der Waals surface area contributed by atoms with Crippen LogP contribution in [0, 0.1) is 0 Å². The monoisotopic (exact) mass is 264 g/mol. The molecule has 0 radical (unpaired) electrons. The molecule has 2 rings (SSSR count). The van der Waals surface area contributed by atoms with Gasteiger partial charge in [0.1, 0.15) is 5.75 Å². The summed E-state index contributed by atoms with van der Waals surface area (Å²) in [6.45, 7) is 6.36. The number of methoxy groups -OCH3 is 1. The van der Waals surface area contributed by atoms with Gasteiger partial charge in [0.15, 0.2) is 0 Å². The number of hydrogen-bond acceptors (Lipinski definition) is 4. The Labute approximate surface area is 115 Å². The molecular weight excluding hydrogens is 240 g/mol. The summed E-state index contributed by atoms with van der Waals surface area (Å²) in [6, 6.07) is 8.29.